The topological polar surface area (TPSA) is 76.2 Å². The second kappa shape index (κ2) is 5.01. The van der Waals surface area contributed by atoms with E-state index in [-0.39, 0.29) is 55.0 Å². The van der Waals surface area contributed by atoms with Crippen LogP contribution in [-0.4, -0.2) is 48.0 Å². The zero-order valence-electron chi connectivity index (χ0n) is 11.3. The lowest BCUT2D eigenvalue weighted by Crippen LogP contribution is -2.31. The van der Waals surface area contributed by atoms with Crippen LogP contribution in [0, 0.1) is 11.8 Å². The van der Waals surface area contributed by atoms with Crippen molar-refractivity contribution in [1.82, 2.24) is 4.90 Å². The van der Waals surface area contributed by atoms with E-state index < -0.39 is 0 Å². The van der Waals surface area contributed by atoms with E-state index in [1.807, 2.05) is 0 Å². The lowest BCUT2D eigenvalue weighted by molar-refractivity contribution is -0.141. The van der Waals surface area contributed by atoms with Crippen LogP contribution in [0.1, 0.15) is 19.8 Å². The number of epoxide rings is 1. The summed E-state index contributed by atoms with van der Waals surface area (Å²) in [5.74, 6) is -0.938. The van der Waals surface area contributed by atoms with E-state index in [2.05, 4.69) is 0 Å². The van der Waals surface area contributed by atoms with E-state index in [1.54, 1.807) is 12.2 Å². The first-order valence-electron chi connectivity index (χ1n) is 6.87. The molecule has 20 heavy (non-hydrogen) atoms. The summed E-state index contributed by atoms with van der Waals surface area (Å²) in [5, 5.41) is 0. The SMILES string of the molecule is CC(=O)OC/C=C\CN1C(=O)C2CC3OC3CC2C1=O. The Bertz CT molecular complexity index is 458. The van der Waals surface area contributed by atoms with E-state index in [0.717, 1.165) is 0 Å². The summed E-state index contributed by atoms with van der Waals surface area (Å²) < 4.78 is 10.1. The summed E-state index contributed by atoms with van der Waals surface area (Å²) in [6, 6.07) is 0. The van der Waals surface area contributed by atoms with Crippen molar-refractivity contribution in [2.75, 3.05) is 13.2 Å². The first-order valence-corrected chi connectivity index (χ1v) is 6.87. The maximum atomic E-state index is 12.2. The number of rotatable bonds is 4. The monoisotopic (exact) mass is 279 g/mol. The summed E-state index contributed by atoms with van der Waals surface area (Å²) >= 11 is 0. The molecule has 6 nitrogen and oxygen atoms in total. The highest BCUT2D eigenvalue weighted by Gasteiger charge is 2.57. The van der Waals surface area contributed by atoms with Gasteiger partial charge in [0.1, 0.15) is 6.61 Å². The molecule has 0 aromatic heterocycles. The van der Waals surface area contributed by atoms with Crippen molar-refractivity contribution >= 4 is 17.8 Å². The minimum Gasteiger partial charge on any atom is -0.462 e. The first-order chi connectivity index (χ1) is 9.58. The highest BCUT2D eigenvalue weighted by molar-refractivity contribution is 6.05. The van der Waals surface area contributed by atoms with Crippen LogP contribution in [-0.2, 0) is 23.9 Å². The van der Waals surface area contributed by atoms with Crippen molar-refractivity contribution in [2.24, 2.45) is 11.8 Å². The molecule has 0 aromatic rings. The number of nitrogens with zero attached hydrogens (tertiary/aromatic N) is 1. The molecular weight excluding hydrogens is 262 g/mol. The third-order valence-electron chi connectivity index (χ3n) is 4.15. The summed E-state index contributed by atoms with van der Waals surface area (Å²) in [6.07, 6.45) is 5.05. The van der Waals surface area contributed by atoms with Crippen molar-refractivity contribution in [1.29, 1.82) is 0 Å². The van der Waals surface area contributed by atoms with Gasteiger partial charge in [-0.25, -0.2) is 0 Å². The summed E-state index contributed by atoms with van der Waals surface area (Å²) in [5.41, 5.74) is 0. The van der Waals surface area contributed by atoms with Gasteiger partial charge in [0.05, 0.1) is 24.0 Å². The number of carbonyl (C=O) groups is 3. The number of hydrogen-bond donors (Lipinski definition) is 0. The standard InChI is InChI=1S/C14H17NO5/c1-8(16)19-5-3-2-4-15-13(17)9-6-11-12(20-11)7-10(9)14(15)18/h2-3,9-12H,4-7H2,1H3/b3-2-. The maximum Gasteiger partial charge on any atom is 0.302 e. The second-order valence-electron chi connectivity index (χ2n) is 5.46. The fourth-order valence-electron chi connectivity index (χ4n) is 3.07. The van der Waals surface area contributed by atoms with Crippen LogP contribution in [0.5, 0.6) is 0 Å². The number of imide groups is 1. The first kappa shape index (κ1) is 13.3. The van der Waals surface area contributed by atoms with E-state index in [0.29, 0.717) is 12.8 Å². The Morgan fingerprint density at radius 3 is 2.40 bits per heavy atom. The molecule has 0 N–H and O–H groups in total. The van der Waals surface area contributed by atoms with Crippen LogP contribution in [0.2, 0.25) is 0 Å². The predicted molar refractivity (Wildman–Crippen MR) is 67.4 cm³/mol. The highest BCUT2D eigenvalue weighted by Crippen LogP contribution is 2.46. The quantitative estimate of drug-likeness (QED) is 0.319. The van der Waals surface area contributed by atoms with Gasteiger partial charge in [-0.1, -0.05) is 6.08 Å². The molecule has 1 saturated carbocycles. The lowest BCUT2D eigenvalue weighted by atomic mass is 9.81. The van der Waals surface area contributed by atoms with Crippen LogP contribution in [0.3, 0.4) is 0 Å². The van der Waals surface area contributed by atoms with E-state index in [1.165, 1.54) is 11.8 Å². The zero-order valence-corrected chi connectivity index (χ0v) is 11.3. The van der Waals surface area contributed by atoms with Gasteiger partial charge in [0, 0.05) is 13.5 Å². The number of carbonyl (C=O) groups excluding carboxylic acids is 3. The molecule has 0 spiro atoms. The Balaban J connectivity index is 1.56. The third-order valence-corrected chi connectivity index (χ3v) is 4.15. The molecular formula is C14H17NO5. The zero-order chi connectivity index (χ0) is 14.3. The summed E-state index contributed by atoms with van der Waals surface area (Å²) in [6.45, 7) is 1.75. The predicted octanol–water partition coefficient (Wildman–Crippen LogP) is 0.268. The molecule has 0 bridgehead atoms. The van der Waals surface area contributed by atoms with Crippen molar-refractivity contribution in [3.63, 3.8) is 0 Å². The van der Waals surface area contributed by atoms with Crippen molar-refractivity contribution in [3.05, 3.63) is 12.2 Å². The molecule has 3 aliphatic rings. The Morgan fingerprint density at radius 1 is 1.25 bits per heavy atom. The van der Waals surface area contributed by atoms with Crippen LogP contribution < -0.4 is 0 Å². The van der Waals surface area contributed by atoms with Crippen molar-refractivity contribution in [2.45, 2.75) is 32.0 Å². The largest absolute Gasteiger partial charge is 0.462 e. The molecule has 2 saturated heterocycles. The van der Waals surface area contributed by atoms with E-state index >= 15 is 0 Å². The molecule has 3 rings (SSSR count). The van der Waals surface area contributed by atoms with Gasteiger partial charge >= 0.3 is 5.97 Å². The number of fused-ring (bicyclic) bond motifs is 2. The molecule has 4 atom stereocenters. The Morgan fingerprint density at radius 2 is 1.85 bits per heavy atom. The number of amides is 2. The molecule has 2 aliphatic heterocycles. The summed E-state index contributed by atoms with van der Waals surface area (Å²) in [7, 11) is 0. The van der Waals surface area contributed by atoms with Gasteiger partial charge in [0.2, 0.25) is 11.8 Å². The Hall–Kier alpha value is -1.69. The molecule has 6 heteroatoms. The van der Waals surface area contributed by atoms with Crippen LogP contribution >= 0.6 is 0 Å². The average Bonchev–Trinajstić information content (AvgIpc) is 3.13. The van der Waals surface area contributed by atoms with Gasteiger partial charge < -0.3 is 9.47 Å². The molecule has 0 radical (unpaired) electrons. The van der Waals surface area contributed by atoms with Crippen molar-refractivity contribution in [3.8, 4) is 0 Å². The number of likely N-dealkylation sites (tertiary alicyclic amines) is 1. The second-order valence-corrected chi connectivity index (χ2v) is 5.46. The fourth-order valence-corrected chi connectivity index (χ4v) is 3.07. The van der Waals surface area contributed by atoms with Crippen LogP contribution in [0.15, 0.2) is 12.2 Å². The number of ether oxygens (including phenoxy) is 2. The number of hydrogen-bond acceptors (Lipinski definition) is 5. The van der Waals surface area contributed by atoms with Crippen molar-refractivity contribution < 1.29 is 23.9 Å². The molecule has 4 unspecified atom stereocenters. The molecule has 2 heterocycles. The molecule has 2 amide bonds. The van der Waals surface area contributed by atoms with Gasteiger partial charge in [0.15, 0.2) is 0 Å². The van der Waals surface area contributed by atoms with E-state index in [4.69, 9.17) is 9.47 Å². The van der Waals surface area contributed by atoms with Gasteiger partial charge in [-0.3, -0.25) is 19.3 Å². The minimum absolute atomic E-state index is 0.0916. The normalized spacial score (nSPS) is 35.1. The van der Waals surface area contributed by atoms with Gasteiger partial charge in [-0.2, -0.15) is 0 Å². The Labute approximate surface area is 116 Å². The molecule has 3 fully saturated rings. The Kier molecular flexibility index (Phi) is 3.33. The smallest absolute Gasteiger partial charge is 0.302 e. The van der Waals surface area contributed by atoms with Crippen LogP contribution in [0.25, 0.3) is 0 Å². The maximum absolute atomic E-state index is 12.2. The highest BCUT2D eigenvalue weighted by atomic mass is 16.6. The molecule has 1 aliphatic carbocycles. The molecule has 0 aromatic carbocycles. The van der Waals surface area contributed by atoms with Crippen LogP contribution in [0.4, 0.5) is 0 Å². The molecule has 108 valence electrons. The van der Waals surface area contributed by atoms with Gasteiger partial charge in [0.25, 0.3) is 0 Å². The summed E-state index contributed by atoms with van der Waals surface area (Å²) in [4.78, 5) is 36.3. The number of esters is 1. The lowest BCUT2D eigenvalue weighted by Gasteiger charge is -2.16. The van der Waals surface area contributed by atoms with Gasteiger partial charge in [-0.05, 0) is 18.9 Å². The fraction of sp³-hybridized carbons (Fsp3) is 0.643. The minimum atomic E-state index is -0.353. The third kappa shape index (κ3) is 2.35. The van der Waals surface area contributed by atoms with Gasteiger partial charge in [-0.15, -0.1) is 0 Å². The average molecular weight is 279 g/mol. The van der Waals surface area contributed by atoms with E-state index in [9.17, 15) is 14.4 Å².